The van der Waals surface area contributed by atoms with Gasteiger partial charge in [-0.15, -0.1) is 11.8 Å². The van der Waals surface area contributed by atoms with Crippen molar-refractivity contribution in [3.8, 4) is 0 Å². The highest BCUT2D eigenvalue weighted by atomic mass is 35.5. The molecule has 1 heterocycles. The van der Waals surface area contributed by atoms with Crippen LogP contribution in [-0.4, -0.2) is 30.9 Å². The minimum absolute atomic E-state index is 0.00612. The molecule has 6 heteroatoms. The standard InChI is InChI=1S/C13H17ClN2O2S/c14-11-6-9(15)3-4-12(11)19-8-13(17)16-7-10-2-1-5-18-10/h3-4,6,10H,1-2,5,7-8,15H2,(H,16,17). The van der Waals surface area contributed by atoms with Crippen LogP contribution in [0.4, 0.5) is 5.69 Å². The van der Waals surface area contributed by atoms with Gasteiger partial charge in [0.15, 0.2) is 0 Å². The lowest BCUT2D eigenvalue weighted by molar-refractivity contribution is -0.119. The maximum Gasteiger partial charge on any atom is 0.230 e. The number of benzene rings is 1. The number of nitrogens with one attached hydrogen (secondary N) is 1. The Morgan fingerprint density at radius 2 is 2.42 bits per heavy atom. The van der Waals surface area contributed by atoms with E-state index in [1.807, 2.05) is 6.07 Å². The van der Waals surface area contributed by atoms with Crippen molar-refractivity contribution >= 4 is 35.0 Å². The van der Waals surface area contributed by atoms with Crippen molar-refractivity contribution in [2.45, 2.75) is 23.8 Å². The lowest BCUT2D eigenvalue weighted by Gasteiger charge is -2.10. The lowest BCUT2D eigenvalue weighted by Crippen LogP contribution is -2.32. The van der Waals surface area contributed by atoms with Gasteiger partial charge in [0.2, 0.25) is 5.91 Å². The van der Waals surface area contributed by atoms with Gasteiger partial charge >= 0.3 is 0 Å². The van der Waals surface area contributed by atoms with Crippen LogP contribution < -0.4 is 11.1 Å². The van der Waals surface area contributed by atoms with Crippen LogP contribution in [0.5, 0.6) is 0 Å². The van der Waals surface area contributed by atoms with Crippen molar-refractivity contribution in [1.29, 1.82) is 0 Å². The number of carbonyl (C=O) groups excluding carboxylic acids is 1. The minimum atomic E-state index is -0.00612. The fourth-order valence-electron chi connectivity index (χ4n) is 1.86. The highest BCUT2D eigenvalue weighted by Crippen LogP contribution is 2.28. The van der Waals surface area contributed by atoms with Crippen LogP contribution in [0.1, 0.15) is 12.8 Å². The number of hydrogen-bond acceptors (Lipinski definition) is 4. The average molecular weight is 301 g/mol. The molecule has 1 aromatic carbocycles. The van der Waals surface area contributed by atoms with E-state index in [1.165, 1.54) is 11.8 Å². The van der Waals surface area contributed by atoms with Crippen LogP contribution in [-0.2, 0) is 9.53 Å². The van der Waals surface area contributed by atoms with Crippen molar-refractivity contribution < 1.29 is 9.53 Å². The molecule has 1 saturated heterocycles. The summed E-state index contributed by atoms with van der Waals surface area (Å²) in [7, 11) is 0. The van der Waals surface area contributed by atoms with E-state index in [1.54, 1.807) is 12.1 Å². The van der Waals surface area contributed by atoms with Gasteiger partial charge < -0.3 is 15.8 Å². The van der Waals surface area contributed by atoms with Crippen molar-refractivity contribution in [2.75, 3.05) is 24.6 Å². The van der Waals surface area contributed by atoms with E-state index >= 15 is 0 Å². The van der Waals surface area contributed by atoms with Crippen LogP contribution >= 0.6 is 23.4 Å². The number of rotatable bonds is 5. The molecule has 1 atom stereocenters. The van der Waals surface area contributed by atoms with E-state index in [2.05, 4.69) is 5.32 Å². The van der Waals surface area contributed by atoms with Gasteiger partial charge in [-0.3, -0.25) is 4.79 Å². The highest BCUT2D eigenvalue weighted by molar-refractivity contribution is 8.00. The Labute approximate surface area is 122 Å². The van der Waals surface area contributed by atoms with Crippen molar-refractivity contribution in [3.05, 3.63) is 23.2 Å². The van der Waals surface area contributed by atoms with Gasteiger partial charge in [0.1, 0.15) is 0 Å². The van der Waals surface area contributed by atoms with Gasteiger partial charge in [0.05, 0.1) is 16.9 Å². The monoisotopic (exact) mass is 300 g/mol. The number of amides is 1. The quantitative estimate of drug-likeness (QED) is 0.647. The molecule has 2 rings (SSSR count). The van der Waals surface area contributed by atoms with Crippen molar-refractivity contribution in [3.63, 3.8) is 0 Å². The summed E-state index contributed by atoms with van der Waals surface area (Å²) in [5.41, 5.74) is 6.24. The predicted molar refractivity (Wildman–Crippen MR) is 78.6 cm³/mol. The van der Waals surface area contributed by atoms with E-state index in [-0.39, 0.29) is 12.0 Å². The molecule has 4 nitrogen and oxygen atoms in total. The second-order valence-corrected chi connectivity index (χ2v) is 5.84. The molecule has 0 saturated carbocycles. The molecule has 1 aliphatic heterocycles. The summed E-state index contributed by atoms with van der Waals surface area (Å²) in [6.07, 6.45) is 2.28. The minimum Gasteiger partial charge on any atom is -0.399 e. The lowest BCUT2D eigenvalue weighted by atomic mass is 10.2. The molecular weight excluding hydrogens is 284 g/mol. The number of halogens is 1. The summed E-state index contributed by atoms with van der Waals surface area (Å²) < 4.78 is 5.44. The number of ether oxygens (including phenoxy) is 1. The molecule has 0 spiro atoms. The molecule has 0 radical (unpaired) electrons. The number of carbonyl (C=O) groups is 1. The van der Waals surface area contributed by atoms with Gasteiger partial charge in [-0.2, -0.15) is 0 Å². The molecule has 3 N–H and O–H groups in total. The van der Waals surface area contributed by atoms with Crippen LogP contribution in [0.2, 0.25) is 5.02 Å². The molecule has 1 aromatic rings. The summed E-state index contributed by atoms with van der Waals surface area (Å²) in [5.74, 6) is 0.337. The normalized spacial score (nSPS) is 18.5. The SMILES string of the molecule is Nc1ccc(SCC(=O)NCC2CCCO2)c(Cl)c1. The third-order valence-corrected chi connectivity index (χ3v) is 4.36. The molecule has 1 unspecified atom stereocenters. The van der Waals surface area contributed by atoms with Gasteiger partial charge in [-0.1, -0.05) is 11.6 Å². The Morgan fingerprint density at radius 1 is 1.58 bits per heavy atom. The number of nitrogen functional groups attached to an aromatic ring is 1. The van der Waals surface area contributed by atoms with E-state index in [0.29, 0.717) is 23.0 Å². The van der Waals surface area contributed by atoms with Gasteiger partial charge in [-0.05, 0) is 31.0 Å². The highest BCUT2D eigenvalue weighted by Gasteiger charge is 2.16. The van der Waals surface area contributed by atoms with Crippen LogP contribution in [0.25, 0.3) is 0 Å². The molecule has 1 aliphatic rings. The van der Waals surface area contributed by atoms with Crippen LogP contribution in [0.15, 0.2) is 23.1 Å². The third kappa shape index (κ3) is 4.60. The first-order valence-electron chi connectivity index (χ1n) is 6.21. The maximum atomic E-state index is 11.7. The van der Waals surface area contributed by atoms with Gasteiger partial charge in [-0.25, -0.2) is 0 Å². The summed E-state index contributed by atoms with van der Waals surface area (Å²) in [5, 5.41) is 3.45. The Morgan fingerprint density at radius 3 is 3.11 bits per heavy atom. The Kier molecular flexibility index (Phi) is 5.36. The zero-order valence-corrected chi connectivity index (χ0v) is 12.1. The van der Waals surface area contributed by atoms with E-state index in [0.717, 1.165) is 24.3 Å². The van der Waals surface area contributed by atoms with Gasteiger partial charge in [0.25, 0.3) is 0 Å². The van der Waals surface area contributed by atoms with Crippen molar-refractivity contribution in [2.24, 2.45) is 0 Å². The average Bonchev–Trinajstić information content (AvgIpc) is 2.88. The number of hydrogen-bond donors (Lipinski definition) is 2. The maximum absolute atomic E-state index is 11.7. The number of anilines is 1. The Hall–Kier alpha value is -0.910. The fourth-order valence-corrected chi connectivity index (χ4v) is 2.96. The summed E-state index contributed by atoms with van der Waals surface area (Å²) in [6.45, 7) is 1.39. The second kappa shape index (κ2) is 7.03. The third-order valence-electron chi connectivity index (χ3n) is 2.87. The predicted octanol–water partition coefficient (Wildman–Crippen LogP) is 2.31. The Balaban J connectivity index is 1.73. The number of thioether (sulfide) groups is 1. The summed E-state index contributed by atoms with van der Waals surface area (Å²) in [4.78, 5) is 12.6. The largest absolute Gasteiger partial charge is 0.399 e. The summed E-state index contributed by atoms with van der Waals surface area (Å²) >= 11 is 7.45. The zero-order chi connectivity index (χ0) is 13.7. The van der Waals surface area contributed by atoms with E-state index in [9.17, 15) is 4.79 Å². The molecule has 0 aromatic heterocycles. The second-order valence-electron chi connectivity index (χ2n) is 4.42. The molecule has 1 amide bonds. The smallest absolute Gasteiger partial charge is 0.230 e. The molecule has 104 valence electrons. The fraction of sp³-hybridized carbons (Fsp3) is 0.462. The van der Waals surface area contributed by atoms with Crippen LogP contribution in [0, 0.1) is 0 Å². The first kappa shape index (κ1) is 14.5. The van der Waals surface area contributed by atoms with E-state index < -0.39 is 0 Å². The summed E-state index contributed by atoms with van der Waals surface area (Å²) in [6, 6.07) is 5.29. The van der Waals surface area contributed by atoms with Crippen molar-refractivity contribution in [1.82, 2.24) is 5.32 Å². The Bertz CT molecular complexity index is 450. The first-order chi connectivity index (χ1) is 9.15. The van der Waals surface area contributed by atoms with Gasteiger partial charge in [0, 0.05) is 23.7 Å². The molecule has 0 aliphatic carbocycles. The molecule has 0 bridgehead atoms. The zero-order valence-electron chi connectivity index (χ0n) is 10.5. The molecule has 1 fully saturated rings. The first-order valence-corrected chi connectivity index (χ1v) is 7.57. The van der Waals surface area contributed by atoms with Crippen LogP contribution in [0.3, 0.4) is 0 Å². The molecular formula is C13H17ClN2O2S. The van der Waals surface area contributed by atoms with E-state index in [4.69, 9.17) is 22.1 Å². The molecule has 19 heavy (non-hydrogen) atoms. The number of nitrogens with two attached hydrogens (primary N) is 1. The topological polar surface area (TPSA) is 64.4 Å².